The molecule has 0 fully saturated rings. The summed E-state index contributed by atoms with van der Waals surface area (Å²) in [6.45, 7) is 2.66. The Bertz CT molecular complexity index is 1600. The number of nitrogens with zero attached hydrogens (tertiary/aromatic N) is 4. The SMILES string of the molecule is C[C@@H](NC(=O)c1cncc(N2CCn3nc(C(F)(F)F)cc3C2)c1)c1ccc(-c2cc(C(F)(F)F)ccc2CN)cc1. The Balaban J connectivity index is 1.28. The number of rotatable bonds is 6. The minimum Gasteiger partial charge on any atom is -0.363 e. The highest BCUT2D eigenvalue weighted by Crippen LogP contribution is 2.35. The zero-order valence-corrected chi connectivity index (χ0v) is 22.3. The summed E-state index contributed by atoms with van der Waals surface area (Å²) in [5, 5.41) is 6.52. The Labute approximate surface area is 237 Å². The lowest BCUT2D eigenvalue weighted by molar-refractivity contribution is -0.141. The molecule has 3 N–H and O–H groups in total. The molecule has 0 bridgehead atoms. The van der Waals surface area contributed by atoms with Crippen LogP contribution in [0.15, 0.2) is 67.0 Å². The summed E-state index contributed by atoms with van der Waals surface area (Å²) in [5.74, 6) is -0.411. The van der Waals surface area contributed by atoms with E-state index in [1.807, 2.05) is 4.90 Å². The minimum atomic E-state index is -4.53. The lowest BCUT2D eigenvalue weighted by atomic mass is 9.95. The third-order valence-corrected chi connectivity index (χ3v) is 7.17. The normalized spacial score (nSPS) is 14.4. The summed E-state index contributed by atoms with van der Waals surface area (Å²) in [6.07, 6.45) is -6.08. The van der Waals surface area contributed by atoms with Crippen LogP contribution in [0.4, 0.5) is 32.0 Å². The Morgan fingerprint density at radius 2 is 1.71 bits per heavy atom. The highest BCUT2D eigenvalue weighted by atomic mass is 19.4. The number of pyridine rings is 1. The molecule has 42 heavy (non-hydrogen) atoms. The second-order valence-electron chi connectivity index (χ2n) is 9.99. The van der Waals surface area contributed by atoms with Gasteiger partial charge in [-0.25, -0.2) is 0 Å². The highest BCUT2D eigenvalue weighted by molar-refractivity contribution is 5.95. The molecule has 0 saturated heterocycles. The van der Waals surface area contributed by atoms with Crippen LogP contribution in [0.1, 0.15) is 51.4 Å². The molecule has 4 aromatic rings. The molecule has 2 aromatic heterocycles. The third kappa shape index (κ3) is 6.10. The number of alkyl halides is 6. The van der Waals surface area contributed by atoms with Crippen molar-refractivity contribution in [2.75, 3.05) is 11.4 Å². The van der Waals surface area contributed by atoms with Crippen molar-refractivity contribution in [3.63, 3.8) is 0 Å². The number of carbonyl (C=O) groups is 1. The van der Waals surface area contributed by atoms with Crippen molar-refractivity contribution in [2.45, 2.75) is 45.0 Å². The van der Waals surface area contributed by atoms with Gasteiger partial charge in [0.15, 0.2) is 5.69 Å². The largest absolute Gasteiger partial charge is 0.435 e. The first-order valence-corrected chi connectivity index (χ1v) is 13.0. The van der Waals surface area contributed by atoms with Gasteiger partial charge in [-0.1, -0.05) is 30.3 Å². The number of nitrogens with one attached hydrogen (secondary N) is 1. The first-order valence-electron chi connectivity index (χ1n) is 13.0. The molecule has 1 amide bonds. The second-order valence-corrected chi connectivity index (χ2v) is 9.99. The summed E-state index contributed by atoms with van der Waals surface area (Å²) in [7, 11) is 0. The molecule has 0 aliphatic carbocycles. The Morgan fingerprint density at radius 1 is 0.976 bits per heavy atom. The highest BCUT2D eigenvalue weighted by Gasteiger charge is 2.36. The van der Waals surface area contributed by atoms with Gasteiger partial charge in [0, 0.05) is 19.3 Å². The van der Waals surface area contributed by atoms with Gasteiger partial charge >= 0.3 is 12.4 Å². The van der Waals surface area contributed by atoms with Gasteiger partial charge in [-0.3, -0.25) is 14.5 Å². The molecule has 7 nitrogen and oxygen atoms in total. The molecular formula is C29H26F6N6O. The molecule has 3 heterocycles. The van der Waals surface area contributed by atoms with Gasteiger partial charge in [-0.2, -0.15) is 31.4 Å². The van der Waals surface area contributed by atoms with E-state index >= 15 is 0 Å². The number of aromatic nitrogens is 3. The van der Waals surface area contributed by atoms with Crippen molar-refractivity contribution in [1.82, 2.24) is 20.1 Å². The van der Waals surface area contributed by atoms with Gasteiger partial charge in [0.05, 0.1) is 47.8 Å². The van der Waals surface area contributed by atoms with Gasteiger partial charge in [-0.15, -0.1) is 0 Å². The Hall–Kier alpha value is -4.39. The fourth-order valence-electron chi connectivity index (χ4n) is 4.86. The summed E-state index contributed by atoms with van der Waals surface area (Å²) in [5.41, 5.74) is 7.54. The van der Waals surface area contributed by atoms with Crippen LogP contribution in [0.3, 0.4) is 0 Å². The van der Waals surface area contributed by atoms with E-state index in [0.29, 0.717) is 34.6 Å². The van der Waals surface area contributed by atoms with E-state index < -0.39 is 35.6 Å². The number of carbonyl (C=O) groups excluding carboxylic acids is 1. The molecule has 1 aliphatic heterocycles. The van der Waals surface area contributed by atoms with Crippen molar-refractivity contribution >= 4 is 11.6 Å². The van der Waals surface area contributed by atoms with E-state index in [0.717, 1.165) is 23.8 Å². The number of fused-ring (bicyclic) bond motifs is 1. The van der Waals surface area contributed by atoms with Crippen LogP contribution in [0.2, 0.25) is 0 Å². The van der Waals surface area contributed by atoms with E-state index in [9.17, 15) is 31.1 Å². The molecule has 0 saturated carbocycles. The molecule has 0 unspecified atom stereocenters. The summed E-state index contributed by atoms with van der Waals surface area (Å²) in [4.78, 5) is 19.0. The maximum atomic E-state index is 13.3. The van der Waals surface area contributed by atoms with Crippen LogP contribution in [-0.4, -0.2) is 27.2 Å². The minimum absolute atomic E-state index is 0.0738. The zero-order chi connectivity index (χ0) is 30.2. The van der Waals surface area contributed by atoms with Gasteiger partial charge in [0.2, 0.25) is 0 Å². The first-order chi connectivity index (χ1) is 19.8. The summed E-state index contributed by atoms with van der Waals surface area (Å²) >= 11 is 0. The number of hydrogen-bond donors (Lipinski definition) is 2. The van der Waals surface area contributed by atoms with Crippen LogP contribution < -0.4 is 16.0 Å². The van der Waals surface area contributed by atoms with E-state index in [2.05, 4.69) is 15.4 Å². The summed E-state index contributed by atoms with van der Waals surface area (Å²) < 4.78 is 80.3. The average molecular weight is 589 g/mol. The molecule has 5 rings (SSSR count). The monoisotopic (exact) mass is 588 g/mol. The average Bonchev–Trinajstić information content (AvgIpc) is 3.41. The van der Waals surface area contributed by atoms with Gasteiger partial charge in [0.25, 0.3) is 5.91 Å². The molecular weight excluding hydrogens is 562 g/mol. The van der Waals surface area contributed by atoms with Gasteiger partial charge in [0.1, 0.15) is 0 Å². The van der Waals surface area contributed by atoms with E-state index in [4.69, 9.17) is 5.73 Å². The topological polar surface area (TPSA) is 89.1 Å². The van der Waals surface area contributed by atoms with Crippen molar-refractivity contribution in [3.05, 3.63) is 101 Å². The van der Waals surface area contributed by atoms with Crippen molar-refractivity contribution in [2.24, 2.45) is 5.73 Å². The molecule has 1 aliphatic rings. The molecule has 2 aromatic carbocycles. The summed E-state index contributed by atoms with van der Waals surface area (Å²) in [6, 6.07) is 12.5. The number of halogens is 6. The standard InChI is InChI=1S/C29H26F6N6O/c1-17(18-2-4-19(5-3-18)25-11-22(28(30,31)32)7-6-20(25)13-36)38-27(42)21-10-23(15-37-14-21)40-8-9-41-24(16-40)12-26(39-41)29(33,34)35/h2-7,10-12,14-15,17H,8-9,13,16,36H2,1H3,(H,38,42)/t17-/m1/s1. The molecule has 0 radical (unpaired) electrons. The maximum Gasteiger partial charge on any atom is 0.435 e. The van der Waals surface area contributed by atoms with Crippen LogP contribution in [0.5, 0.6) is 0 Å². The Kier molecular flexibility index (Phi) is 7.71. The smallest absolute Gasteiger partial charge is 0.363 e. The molecule has 13 heteroatoms. The van der Waals surface area contributed by atoms with Gasteiger partial charge in [-0.05, 0) is 53.4 Å². The fourth-order valence-corrected chi connectivity index (χ4v) is 4.86. The predicted molar refractivity (Wildman–Crippen MR) is 143 cm³/mol. The quantitative estimate of drug-likeness (QED) is 0.272. The second kappa shape index (κ2) is 11.1. The maximum absolute atomic E-state index is 13.3. The molecule has 0 spiro atoms. The van der Waals surface area contributed by atoms with Crippen LogP contribution >= 0.6 is 0 Å². The molecule has 220 valence electrons. The third-order valence-electron chi connectivity index (χ3n) is 7.17. The van der Waals surface area contributed by atoms with Crippen molar-refractivity contribution in [3.8, 4) is 11.1 Å². The van der Waals surface area contributed by atoms with E-state index in [1.165, 1.54) is 16.9 Å². The fraction of sp³-hybridized carbons (Fsp3) is 0.276. The number of nitrogens with two attached hydrogens (primary N) is 1. The number of benzene rings is 2. The Morgan fingerprint density at radius 3 is 2.38 bits per heavy atom. The number of anilines is 1. The number of amides is 1. The van der Waals surface area contributed by atoms with Gasteiger partial charge < -0.3 is 16.0 Å². The van der Waals surface area contributed by atoms with Crippen molar-refractivity contribution in [1.29, 1.82) is 0 Å². The van der Waals surface area contributed by atoms with E-state index in [1.54, 1.807) is 43.5 Å². The molecule has 1 atom stereocenters. The zero-order valence-electron chi connectivity index (χ0n) is 22.3. The van der Waals surface area contributed by atoms with Crippen LogP contribution in [0, 0.1) is 0 Å². The lowest BCUT2D eigenvalue weighted by Crippen LogP contribution is -2.34. The first kappa shape index (κ1) is 29.1. The van der Waals surface area contributed by atoms with Crippen LogP contribution in [-0.2, 0) is 32.0 Å². The van der Waals surface area contributed by atoms with Crippen molar-refractivity contribution < 1.29 is 31.1 Å². The predicted octanol–water partition coefficient (Wildman–Crippen LogP) is 5.95. The lowest BCUT2D eigenvalue weighted by Gasteiger charge is -2.29. The van der Waals surface area contributed by atoms with Crippen LogP contribution in [0.25, 0.3) is 11.1 Å². The number of hydrogen-bond acceptors (Lipinski definition) is 5. The van der Waals surface area contributed by atoms with E-state index in [-0.39, 0.29) is 25.2 Å².